The van der Waals surface area contributed by atoms with Crippen LogP contribution in [-0.4, -0.2) is 6.61 Å². The molecule has 0 aliphatic heterocycles. The standard InChI is InChI=1S/C24H36O/c1-3-5-16-25-24-15-14-22-17-21(12-13-23(22)18-24)11-10-20-8-6-19(4-2)7-9-20/h3,5,14-15,18-21H,4,6-13,16-17H2,1-2H3. The first-order valence-corrected chi connectivity index (χ1v) is 10.6. The molecule has 0 aromatic heterocycles. The highest BCUT2D eigenvalue weighted by molar-refractivity contribution is 5.37. The zero-order chi connectivity index (χ0) is 17.5. The van der Waals surface area contributed by atoms with Gasteiger partial charge in [0.05, 0.1) is 0 Å². The van der Waals surface area contributed by atoms with Gasteiger partial charge in [-0.1, -0.05) is 63.7 Å². The van der Waals surface area contributed by atoms with E-state index in [4.69, 9.17) is 4.74 Å². The zero-order valence-corrected chi connectivity index (χ0v) is 16.3. The molecule has 0 radical (unpaired) electrons. The summed E-state index contributed by atoms with van der Waals surface area (Å²) in [5, 5.41) is 0. The van der Waals surface area contributed by atoms with Crippen molar-refractivity contribution in [2.75, 3.05) is 6.61 Å². The second kappa shape index (κ2) is 9.46. The van der Waals surface area contributed by atoms with E-state index in [1.54, 1.807) is 5.56 Å². The summed E-state index contributed by atoms with van der Waals surface area (Å²) in [4.78, 5) is 0. The monoisotopic (exact) mass is 340 g/mol. The van der Waals surface area contributed by atoms with E-state index >= 15 is 0 Å². The van der Waals surface area contributed by atoms with Crippen LogP contribution in [0.4, 0.5) is 0 Å². The van der Waals surface area contributed by atoms with Crippen LogP contribution in [0.1, 0.15) is 76.3 Å². The summed E-state index contributed by atoms with van der Waals surface area (Å²) in [6, 6.07) is 6.76. The highest BCUT2D eigenvalue weighted by Gasteiger charge is 2.23. The van der Waals surface area contributed by atoms with Crippen molar-refractivity contribution < 1.29 is 4.74 Å². The molecular weight excluding hydrogens is 304 g/mol. The van der Waals surface area contributed by atoms with E-state index in [0.29, 0.717) is 6.61 Å². The number of hydrogen-bond donors (Lipinski definition) is 0. The summed E-state index contributed by atoms with van der Waals surface area (Å²) in [5.74, 6) is 3.99. The largest absolute Gasteiger partial charge is 0.490 e. The second-order valence-corrected chi connectivity index (χ2v) is 8.29. The lowest BCUT2D eigenvalue weighted by Crippen LogP contribution is -2.18. The summed E-state index contributed by atoms with van der Waals surface area (Å²) in [6.45, 7) is 5.07. The molecule has 1 unspecified atom stereocenters. The molecule has 0 amide bonds. The van der Waals surface area contributed by atoms with Gasteiger partial charge in [0, 0.05) is 0 Å². The SMILES string of the molecule is CC=CCOc1ccc2c(c1)CCC(CCC1CCC(CC)CC1)C2. The Kier molecular flexibility index (Phi) is 7.02. The van der Waals surface area contributed by atoms with Crippen LogP contribution < -0.4 is 4.74 Å². The Balaban J connectivity index is 1.45. The van der Waals surface area contributed by atoms with Crippen LogP contribution in [0.5, 0.6) is 5.75 Å². The average Bonchev–Trinajstić information content (AvgIpc) is 2.67. The van der Waals surface area contributed by atoms with Gasteiger partial charge in [-0.05, 0) is 73.6 Å². The van der Waals surface area contributed by atoms with E-state index in [-0.39, 0.29) is 0 Å². The average molecular weight is 341 g/mol. The first-order chi connectivity index (χ1) is 12.3. The number of allylic oxidation sites excluding steroid dienone is 1. The molecule has 0 saturated heterocycles. The summed E-state index contributed by atoms with van der Waals surface area (Å²) in [6.07, 6.45) is 18.3. The lowest BCUT2D eigenvalue weighted by molar-refractivity contribution is 0.241. The molecule has 0 heterocycles. The van der Waals surface area contributed by atoms with Gasteiger partial charge in [-0.2, -0.15) is 0 Å². The van der Waals surface area contributed by atoms with E-state index in [9.17, 15) is 0 Å². The fourth-order valence-corrected chi connectivity index (χ4v) is 4.78. The Labute approximate surface area is 154 Å². The molecule has 1 aromatic carbocycles. The first kappa shape index (κ1) is 18.5. The number of fused-ring (bicyclic) bond motifs is 1. The molecular formula is C24H36O. The summed E-state index contributed by atoms with van der Waals surface area (Å²) < 4.78 is 5.80. The van der Waals surface area contributed by atoms with Crippen molar-refractivity contribution in [3.05, 3.63) is 41.5 Å². The third-order valence-corrected chi connectivity index (χ3v) is 6.62. The van der Waals surface area contributed by atoms with Gasteiger partial charge in [0.25, 0.3) is 0 Å². The molecule has 138 valence electrons. The lowest BCUT2D eigenvalue weighted by Gasteiger charge is -2.30. The van der Waals surface area contributed by atoms with Crippen LogP contribution in [0.2, 0.25) is 0 Å². The minimum atomic E-state index is 0.679. The number of hydrogen-bond acceptors (Lipinski definition) is 1. The van der Waals surface area contributed by atoms with Crippen molar-refractivity contribution in [2.45, 2.75) is 78.1 Å². The minimum Gasteiger partial charge on any atom is -0.490 e. The second-order valence-electron chi connectivity index (χ2n) is 8.29. The van der Waals surface area contributed by atoms with Gasteiger partial charge in [-0.25, -0.2) is 0 Å². The summed E-state index contributed by atoms with van der Waals surface area (Å²) >= 11 is 0. The van der Waals surface area contributed by atoms with Gasteiger partial charge >= 0.3 is 0 Å². The fraction of sp³-hybridized carbons (Fsp3) is 0.667. The van der Waals surface area contributed by atoms with Gasteiger partial charge in [-0.3, -0.25) is 0 Å². The number of ether oxygens (including phenoxy) is 1. The molecule has 1 heteroatoms. The van der Waals surface area contributed by atoms with E-state index in [0.717, 1.165) is 23.5 Å². The van der Waals surface area contributed by atoms with Gasteiger partial charge in [0.1, 0.15) is 12.4 Å². The maximum absolute atomic E-state index is 5.80. The van der Waals surface area contributed by atoms with E-state index in [1.165, 1.54) is 69.8 Å². The molecule has 1 atom stereocenters. The molecule has 1 aromatic rings. The highest BCUT2D eigenvalue weighted by atomic mass is 16.5. The lowest BCUT2D eigenvalue weighted by atomic mass is 9.76. The highest BCUT2D eigenvalue weighted by Crippen LogP contribution is 2.36. The van der Waals surface area contributed by atoms with Crippen LogP contribution in [0, 0.1) is 17.8 Å². The van der Waals surface area contributed by atoms with Crippen LogP contribution >= 0.6 is 0 Å². The molecule has 0 bridgehead atoms. The molecule has 0 spiro atoms. The molecule has 0 N–H and O–H groups in total. The van der Waals surface area contributed by atoms with E-state index in [1.807, 2.05) is 13.0 Å². The van der Waals surface area contributed by atoms with Crippen LogP contribution in [0.15, 0.2) is 30.4 Å². The van der Waals surface area contributed by atoms with Crippen LogP contribution in [0.25, 0.3) is 0 Å². The van der Waals surface area contributed by atoms with Gasteiger partial charge in [-0.15, -0.1) is 0 Å². The maximum atomic E-state index is 5.80. The molecule has 25 heavy (non-hydrogen) atoms. The predicted octanol–water partition coefficient (Wildman–Crippen LogP) is 6.74. The number of aryl methyl sites for hydroxylation is 1. The Morgan fingerprint density at radius 1 is 0.960 bits per heavy atom. The third kappa shape index (κ3) is 5.36. The first-order valence-electron chi connectivity index (χ1n) is 10.6. The minimum absolute atomic E-state index is 0.679. The zero-order valence-electron chi connectivity index (χ0n) is 16.3. The molecule has 2 aliphatic rings. The maximum Gasteiger partial charge on any atom is 0.120 e. The smallest absolute Gasteiger partial charge is 0.120 e. The number of benzene rings is 1. The van der Waals surface area contributed by atoms with E-state index < -0.39 is 0 Å². The van der Waals surface area contributed by atoms with Crippen LogP contribution in [-0.2, 0) is 12.8 Å². The Morgan fingerprint density at radius 2 is 1.72 bits per heavy atom. The van der Waals surface area contributed by atoms with Gasteiger partial charge in [0.2, 0.25) is 0 Å². The molecule has 1 saturated carbocycles. The Bertz CT molecular complexity index is 551. The molecule has 1 fully saturated rings. The third-order valence-electron chi connectivity index (χ3n) is 6.62. The predicted molar refractivity (Wildman–Crippen MR) is 107 cm³/mol. The normalized spacial score (nSPS) is 26.6. The van der Waals surface area contributed by atoms with Crippen molar-refractivity contribution in [3.63, 3.8) is 0 Å². The van der Waals surface area contributed by atoms with Crippen molar-refractivity contribution in [1.82, 2.24) is 0 Å². The van der Waals surface area contributed by atoms with Gasteiger partial charge < -0.3 is 4.74 Å². The number of rotatable bonds is 7. The molecule has 3 rings (SSSR count). The molecule has 2 aliphatic carbocycles. The van der Waals surface area contributed by atoms with Crippen LogP contribution in [0.3, 0.4) is 0 Å². The van der Waals surface area contributed by atoms with E-state index in [2.05, 4.69) is 31.2 Å². The fourth-order valence-electron chi connectivity index (χ4n) is 4.78. The summed E-state index contributed by atoms with van der Waals surface area (Å²) in [5.41, 5.74) is 3.10. The van der Waals surface area contributed by atoms with Crippen molar-refractivity contribution in [1.29, 1.82) is 0 Å². The Hall–Kier alpha value is -1.24. The Morgan fingerprint density at radius 3 is 2.48 bits per heavy atom. The summed E-state index contributed by atoms with van der Waals surface area (Å²) in [7, 11) is 0. The topological polar surface area (TPSA) is 9.23 Å². The van der Waals surface area contributed by atoms with Crippen molar-refractivity contribution >= 4 is 0 Å². The molecule has 1 nitrogen and oxygen atoms in total. The van der Waals surface area contributed by atoms with Crippen molar-refractivity contribution in [3.8, 4) is 5.75 Å². The van der Waals surface area contributed by atoms with Gasteiger partial charge in [0.15, 0.2) is 0 Å². The quantitative estimate of drug-likeness (QED) is 0.499. The van der Waals surface area contributed by atoms with Crippen molar-refractivity contribution in [2.24, 2.45) is 17.8 Å².